The molecule has 2 aliphatic heterocycles. The van der Waals surface area contributed by atoms with Crippen LogP contribution in [0, 0.1) is 13.8 Å². The summed E-state index contributed by atoms with van der Waals surface area (Å²) in [4.78, 5) is 14.8. The van der Waals surface area contributed by atoms with Gasteiger partial charge < -0.3 is 9.64 Å². The third-order valence-corrected chi connectivity index (χ3v) is 8.76. The summed E-state index contributed by atoms with van der Waals surface area (Å²) in [7, 11) is -3.58. The van der Waals surface area contributed by atoms with Crippen molar-refractivity contribution in [3.8, 4) is 0 Å². The largest absolute Gasteiger partial charge is 0.376 e. The molecule has 174 valence electrons. The SMILES string of the molecule is Cc1ccc(C)c(S(=O)(=O)N2CCN(C(=O)CSc3nnnn3C[C@H]3CCCO3)CC2)c1. The van der Waals surface area contributed by atoms with Crippen molar-refractivity contribution < 1.29 is 17.9 Å². The zero-order valence-corrected chi connectivity index (χ0v) is 19.9. The lowest BCUT2D eigenvalue weighted by molar-refractivity contribution is -0.129. The van der Waals surface area contributed by atoms with Crippen LogP contribution < -0.4 is 0 Å². The van der Waals surface area contributed by atoms with E-state index in [4.69, 9.17) is 4.74 Å². The molecule has 1 amide bonds. The molecule has 0 bridgehead atoms. The van der Waals surface area contributed by atoms with Gasteiger partial charge in [-0.2, -0.15) is 4.31 Å². The van der Waals surface area contributed by atoms with E-state index in [-0.39, 0.29) is 30.9 Å². The van der Waals surface area contributed by atoms with Crippen molar-refractivity contribution in [2.75, 3.05) is 38.5 Å². The van der Waals surface area contributed by atoms with Crippen LogP contribution in [0.3, 0.4) is 0 Å². The topological polar surface area (TPSA) is 111 Å². The first kappa shape index (κ1) is 23.1. The van der Waals surface area contributed by atoms with Gasteiger partial charge >= 0.3 is 0 Å². The van der Waals surface area contributed by atoms with E-state index < -0.39 is 10.0 Å². The number of hydrogen-bond donors (Lipinski definition) is 0. The number of aryl methyl sites for hydroxylation is 2. The molecule has 0 N–H and O–H groups in total. The number of hydrogen-bond acceptors (Lipinski definition) is 8. The van der Waals surface area contributed by atoms with Gasteiger partial charge in [0.05, 0.1) is 23.3 Å². The van der Waals surface area contributed by atoms with Gasteiger partial charge in [-0.3, -0.25) is 4.79 Å². The lowest BCUT2D eigenvalue weighted by atomic mass is 10.2. The average Bonchev–Trinajstić information content (AvgIpc) is 3.46. The third-order valence-electron chi connectivity index (χ3n) is 5.78. The maximum Gasteiger partial charge on any atom is 0.243 e. The Hall–Kier alpha value is -2.02. The van der Waals surface area contributed by atoms with Gasteiger partial charge in [0.2, 0.25) is 21.1 Å². The number of piperazine rings is 1. The molecule has 10 nitrogen and oxygen atoms in total. The summed E-state index contributed by atoms with van der Waals surface area (Å²) in [6, 6.07) is 5.44. The first-order chi connectivity index (χ1) is 15.3. The second-order valence-electron chi connectivity index (χ2n) is 8.12. The minimum Gasteiger partial charge on any atom is -0.376 e. The Morgan fingerprint density at radius 2 is 2.00 bits per heavy atom. The van der Waals surface area contributed by atoms with Gasteiger partial charge in [0.1, 0.15) is 0 Å². The van der Waals surface area contributed by atoms with Crippen molar-refractivity contribution in [2.24, 2.45) is 0 Å². The highest BCUT2D eigenvalue weighted by atomic mass is 32.2. The number of thioether (sulfide) groups is 1. The molecule has 0 aliphatic carbocycles. The fourth-order valence-electron chi connectivity index (χ4n) is 3.92. The van der Waals surface area contributed by atoms with Gasteiger partial charge in [-0.25, -0.2) is 13.1 Å². The van der Waals surface area contributed by atoms with Crippen LogP contribution in [0.2, 0.25) is 0 Å². The number of carbonyl (C=O) groups is 1. The molecule has 2 saturated heterocycles. The zero-order valence-electron chi connectivity index (χ0n) is 18.3. The van der Waals surface area contributed by atoms with E-state index in [1.807, 2.05) is 19.1 Å². The first-order valence-electron chi connectivity index (χ1n) is 10.7. The first-order valence-corrected chi connectivity index (χ1v) is 13.1. The molecule has 2 aromatic rings. The highest BCUT2D eigenvalue weighted by Crippen LogP contribution is 2.23. The summed E-state index contributed by atoms with van der Waals surface area (Å²) in [5.74, 6) is 0.153. The van der Waals surface area contributed by atoms with Gasteiger partial charge in [-0.05, 0) is 54.3 Å². The molecule has 32 heavy (non-hydrogen) atoms. The molecule has 0 saturated carbocycles. The Balaban J connectivity index is 1.30. The van der Waals surface area contributed by atoms with Gasteiger partial charge in [0.25, 0.3) is 0 Å². The van der Waals surface area contributed by atoms with Crippen LogP contribution >= 0.6 is 11.8 Å². The number of rotatable bonds is 7. The molecule has 12 heteroatoms. The highest BCUT2D eigenvalue weighted by Gasteiger charge is 2.31. The molecule has 4 rings (SSSR count). The van der Waals surface area contributed by atoms with Crippen LogP contribution in [0.15, 0.2) is 28.3 Å². The number of benzene rings is 1. The molecule has 2 aliphatic rings. The summed E-state index contributed by atoms with van der Waals surface area (Å²) < 4.78 is 34.9. The summed E-state index contributed by atoms with van der Waals surface area (Å²) in [6.07, 6.45) is 2.14. The van der Waals surface area contributed by atoms with Gasteiger partial charge in [-0.1, -0.05) is 23.9 Å². The summed E-state index contributed by atoms with van der Waals surface area (Å²) in [5.41, 5.74) is 1.63. The highest BCUT2D eigenvalue weighted by molar-refractivity contribution is 7.99. The monoisotopic (exact) mass is 480 g/mol. The second-order valence-corrected chi connectivity index (χ2v) is 11.0. The number of ether oxygens (including phenoxy) is 1. The molecule has 3 heterocycles. The Morgan fingerprint density at radius 3 is 2.72 bits per heavy atom. The zero-order chi connectivity index (χ0) is 22.7. The van der Waals surface area contributed by atoms with Crippen LogP contribution in [0.4, 0.5) is 0 Å². The molecule has 0 radical (unpaired) electrons. The van der Waals surface area contributed by atoms with E-state index in [0.717, 1.165) is 30.6 Å². The van der Waals surface area contributed by atoms with Crippen molar-refractivity contribution in [3.63, 3.8) is 0 Å². The van der Waals surface area contributed by atoms with Gasteiger partial charge in [0.15, 0.2) is 0 Å². The lowest BCUT2D eigenvalue weighted by Crippen LogP contribution is -2.51. The van der Waals surface area contributed by atoms with Crippen LogP contribution in [0.1, 0.15) is 24.0 Å². The molecule has 0 unspecified atom stereocenters. The van der Waals surface area contributed by atoms with Crippen molar-refractivity contribution in [1.29, 1.82) is 0 Å². The maximum absolute atomic E-state index is 13.1. The molecular weight excluding hydrogens is 452 g/mol. The molecule has 2 fully saturated rings. The predicted octanol–water partition coefficient (Wildman–Crippen LogP) is 1.09. The van der Waals surface area contributed by atoms with Crippen molar-refractivity contribution in [2.45, 2.75) is 49.4 Å². The summed E-state index contributed by atoms with van der Waals surface area (Å²) >= 11 is 1.29. The normalized spacial score (nSPS) is 20.1. The van der Waals surface area contributed by atoms with E-state index in [9.17, 15) is 13.2 Å². The second kappa shape index (κ2) is 9.86. The van der Waals surface area contributed by atoms with Crippen molar-refractivity contribution in [3.05, 3.63) is 29.3 Å². The smallest absolute Gasteiger partial charge is 0.243 e. The Labute approximate surface area is 192 Å². The van der Waals surface area contributed by atoms with E-state index >= 15 is 0 Å². The van der Waals surface area contributed by atoms with E-state index in [1.54, 1.807) is 22.6 Å². The Kier molecular flexibility index (Phi) is 7.13. The van der Waals surface area contributed by atoms with E-state index in [0.29, 0.717) is 29.7 Å². The number of nitrogens with zero attached hydrogens (tertiary/aromatic N) is 6. The number of amides is 1. The van der Waals surface area contributed by atoms with Gasteiger partial charge in [0, 0.05) is 32.8 Å². The molecule has 0 spiro atoms. The Bertz CT molecular complexity index is 1060. The molecule has 1 atom stereocenters. The minimum absolute atomic E-state index is 0.0505. The minimum atomic E-state index is -3.58. The Morgan fingerprint density at radius 1 is 1.22 bits per heavy atom. The maximum atomic E-state index is 13.1. The fourth-order valence-corrected chi connectivity index (χ4v) is 6.44. The van der Waals surface area contributed by atoms with E-state index in [1.165, 1.54) is 16.1 Å². The number of sulfonamides is 1. The fraction of sp³-hybridized carbons (Fsp3) is 0.600. The lowest BCUT2D eigenvalue weighted by Gasteiger charge is -2.34. The molecule has 1 aromatic heterocycles. The third kappa shape index (κ3) is 5.13. The van der Waals surface area contributed by atoms with Crippen molar-refractivity contribution in [1.82, 2.24) is 29.4 Å². The quantitative estimate of drug-likeness (QED) is 0.542. The van der Waals surface area contributed by atoms with Crippen molar-refractivity contribution >= 4 is 27.7 Å². The summed E-state index contributed by atoms with van der Waals surface area (Å²) in [5, 5.41) is 12.3. The average molecular weight is 481 g/mol. The number of tetrazole rings is 1. The summed E-state index contributed by atoms with van der Waals surface area (Å²) in [6.45, 7) is 6.32. The van der Waals surface area contributed by atoms with Crippen LogP contribution in [-0.4, -0.2) is 88.4 Å². The number of carbonyl (C=O) groups excluding carboxylic acids is 1. The number of aromatic nitrogens is 4. The van der Waals surface area contributed by atoms with Gasteiger partial charge in [-0.15, -0.1) is 5.10 Å². The van der Waals surface area contributed by atoms with E-state index in [2.05, 4.69) is 15.5 Å². The molecular formula is C20H28N6O4S2. The van der Waals surface area contributed by atoms with Crippen LogP contribution in [0.25, 0.3) is 0 Å². The molecule has 1 aromatic carbocycles. The standard InChI is InChI=1S/C20H28N6O4S2/c1-15-5-6-16(2)18(12-15)32(28,29)25-9-7-24(8-10-25)19(27)14-31-20-21-22-23-26(20)13-17-4-3-11-30-17/h5-6,12,17H,3-4,7-11,13-14H2,1-2H3/t17-/m1/s1. The van der Waals surface area contributed by atoms with Crippen LogP contribution in [0.5, 0.6) is 0 Å². The predicted molar refractivity (Wildman–Crippen MR) is 119 cm³/mol. The van der Waals surface area contributed by atoms with Crippen LogP contribution in [-0.2, 0) is 26.1 Å².